The summed E-state index contributed by atoms with van der Waals surface area (Å²) in [7, 11) is 0. The van der Waals surface area contributed by atoms with Crippen molar-refractivity contribution in [3.05, 3.63) is 35.1 Å². The van der Waals surface area contributed by atoms with Gasteiger partial charge < -0.3 is 19.9 Å². The number of rotatable bonds is 2. The summed E-state index contributed by atoms with van der Waals surface area (Å²) in [4.78, 5) is 12.2. The Morgan fingerprint density at radius 1 is 1.35 bits per heavy atom. The Morgan fingerprint density at radius 2 is 2.10 bits per heavy atom. The number of aliphatic hydroxyl groups excluding tert-OH is 1. The monoisotopic (exact) mass is 281 g/mol. The highest BCUT2D eigenvalue weighted by Crippen LogP contribution is 2.27. The number of halogens is 1. The van der Waals surface area contributed by atoms with Gasteiger partial charge in [-0.15, -0.1) is 0 Å². The Balaban J connectivity index is 1.72. The molecule has 2 heterocycles. The number of aliphatic hydroxyl groups is 1. The van der Waals surface area contributed by atoms with Crippen LogP contribution in [0.2, 0.25) is 0 Å². The molecule has 4 atom stereocenters. The topological polar surface area (TPSA) is 67.8 Å². The predicted octanol–water partition coefficient (Wildman–Crippen LogP) is 0.391. The smallest absolute Gasteiger partial charge is 0.252 e. The summed E-state index contributed by atoms with van der Waals surface area (Å²) in [5.41, 5.74) is 0.611. The fourth-order valence-corrected chi connectivity index (χ4v) is 2.70. The number of hydrogen-bond acceptors (Lipinski definition) is 4. The van der Waals surface area contributed by atoms with Gasteiger partial charge in [0.1, 0.15) is 24.1 Å². The van der Waals surface area contributed by atoms with E-state index in [1.54, 1.807) is 13.0 Å². The molecule has 20 heavy (non-hydrogen) atoms. The molecular formula is C14H16FNO4. The number of benzene rings is 1. The molecular weight excluding hydrogens is 265 g/mol. The molecule has 0 aromatic heterocycles. The van der Waals surface area contributed by atoms with Crippen LogP contribution in [0.25, 0.3) is 0 Å². The maximum atomic E-state index is 13.5. The lowest BCUT2D eigenvalue weighted by atomic mass is 10.1. The Kier molecular flexibility index (Phi) is 3.45. The number of nitrogens with one attached hydrogen (secondary N) is 1. The van der Waals surface area contributed by atoms with Gasteiger partial charge in [0.15, 0.2) is 0 Å². The van der Waals surface area contributed by atoms with Crippen LogP contribution in [0.15, 0.2) is 18.2 Å². The van der Waals surface area contributed by atoms with Crippen LogP contribution in [0.3, 0.4) is 0 Å². The molecule has 0 aliphatic carbocycles. The van der Waals surface area contributed by atoms with Gasteiger partial charge in [-0.05, 0) is 24.6 Å². The molecule has 5 nitrogen and oxygen atoms in total. The summed E-state index contributed by atoms with van der Waals surface area (Å²) >= 11 is 0. The molecule has 108 valence electrons. The Bertz CT molecular complexity index is 536. The zero-order chi connectivity index (χ0) is 14.3. The Hall–Kier alpha value is -1.50. The average molecular weight is 281 g/mol. The lowest BCUT2D eigenvalue weighted by Gasteiger charge is -2.18. The Labute approximate surface area is 115 Å². The van der Waals surface area contributed by atoms with E-state index in [2.05, 4.69) is 5.32 Å². The van der Waals surface area contributed by atoms with Gasteiger partial charge in [0, 0.05) is 5.56 Å². The number of carbonyl (C=O) groups is 1. The molecule has 2 saturated heterocycles. The largest absolute Gasteiger partial charge is 0.388 e. The number of amides is 1. The number of hydrogen-bond donors (Lipinski definition) is 2. The predicted molar refractivity (Wildman–Crippen MR) is 67.9 cm³/mol. The molecule has 2 fully saturated rings. The van der Waals surface area contributed by atoms with E-state index in [0.717, 1.165) is 0 Å². The first-order chi connectivity index (χ1) is 9.58. The van der Waals surface area contributed by atoms with Crippen LogP contribution in [-0.4, -0.2) is 48.6 Å². The van der Waals surface area contributed by atoms with Crippen molar-refractivity contribution in [2.75, 3.05) is 13.2 Å². The van der Waals surface area contributed by atoms with Crippen molar-refractivity contribution in [3.8, 4) is 0 Å². The number of fused-ring (bicyclic) bond motifs is 1. The van der Waals surface area contributed by atoms with Gasteiger partial charge in [-0.25, -0.2) is 4.39 Å². The van der Waals surface area contributed by atoms with E-state index in [4.69, 9.17) is 9.47 Å². The van der Waals surface area contributed by atoms with Crippen molar-refractivity contribution in [2.45, 2.75) is 31.3 Å². The summed E-state index contributed by atoms with van der Waals surface area (Å²) in [6.07, 6.45) is -1.39. The molecule has 0 unspecified atom stereocenters. The molecule has 2 aliphatic rings. The first kappa shape index (κ1) is 13.5. The van der Waals surface area contributed by atoms with E-state index in [1.165, 1.54) is 12.1 Å². The highest BCUT2D eigenvalue weighted by Gasteiger charge is 2.47. The molecule has 0 radical (unpaired) electrons. The van der Waals surface area contributed by atoms with Crippen molar-refractivity contribution in [3.63, 3.8) is 0 Å². The van der Waals surface area contributed by atoms with Gasteiger partial charge in [-0.3, -0.25) is 4.79 Å². The van der Waals surface area contributed by atoms with E-state index in [0.29, 0.717) is 11.1 Å². The van der Waals surface area contributed by atoms with Crippen LogP contribution in [0.4, 0.5) is 4.39 Å². The quantitative estimate of drug-likeness (QED) is 0.823. The molecule has 1 aromatic carbocycles. The van der Waals surface area contributed by atoms with Gasteiger partial charge in [-0.2, -0.15) is 0 Å². The van der Waals surface area contributed by atoms with E-state index in [-0.39, 0.29) is 31.3 Å². The normalized spacial score (nSPS) is 32.1. The minimum atomic E-state index is -0.655. The van der Waals surface area contributed by atoms with Crippen LogP contribution < -0.4 is 5.32 Å². The fraction of sp³-hybridized carbons (Fsp3) is 0.500. The zero-order valence-corrected chi connectivity index (χ0v) is 11.0. The van der Waals surface area contributed by atoms with E-state index in [1.807, 2.05) is 0 Å². The Morgan fingerprint density at radius 3 is 2.90 bits per heavy atom. The molecule has 6 heteroatoms. The molecule has 1 amide bonds. The number of ether oxygens (including phenoxy) is 2. The molecule has 0 bridgehead atoms. The molecule has 2 aliphatic heterocycles. The third-order valence-corrected chi connectivity index (χ3v) is 3.86. The van der Waals surface area contributed by atoms with E-state index in [9.17, 15) is 14.3 Å². The molecule has 0 saturated carbocycles. The van der Waals surface area contributed by atoms with E-state index < -0.39 is 18.0 Å². The second-order valence-corrected chi connectivity index (χ2v) is 5.16. The van der Waals surface area contributed by atoms with Gasteiger partial charge in [0.25, 0.3) is 5.91 Å². The van der Waals surface area contributed by atoms with Crippen molar-refractivity contribution in [1.82, 2.24) is 5.32 Å². The number of carbonyl (C=O) groups excluding carboxylic acids is 1. The van der Waals surface area contributed by atoms with Crippen molar-refractivity contribution >= 4 is 5.91 Å². The van der Waals surface area contributed by atoms with Crippen LogP contribution in [0.1, 0.15) is 15.9 Å². The standard InChI is InChI=1S/C14H16FNO4/c1-7-8(3-2-4-9(7)15)14(18)16-10-5-19-13-11(17)6-20-12(10)13/h2-4,10-13,17H,5-6H2,1H3,(H,16,18)/t10-,11+,12+,13+/m0/s1. The molecule has 3 rings (SSSR count). The molecule has 1 aromatic rings. The van der Waals surface area contributed by atoms with Crippen LogP contribution >= 0.6 is 0 Å². The third kappa shape index (κ3) is 2.19. The highest BCUT2D eigenvalue weighted by molar-refractivity contribution is 5.95. The second kappa shape index (κ2) is 5.12. The maximum absolute atomic E-state index is 13.5. The summed E-state index contributed by atoms with van der Waals surface area (Å²) < 4.78 is 24.3. The average Bonchev–Trinajstić information content (AvgIpc) is 2.97. The first-order valence-corrected chi connectivity index (χ1v) is 6.55. The summed E-state index contributed by atoms with van der Waals surface area (Å²) in [5.74, 6) is -0.771. The first-order valence-electron chi connectivity index (χ1n) is 6.55. The van der Waals surface area contributed by atoms with Gasteiger partial charge in [-0.1, -0.05) is 6.07 Å². The lowest BCUT2D eigenvalue weighted by Crippen LogP contribution is -2.44. The summed E-state index contributed by atoms with van der Waals surface area (Å²) in [6, 6.07) is 4.07. The van der Waals surface area contributed by atoms with Crippen LogP contribution in [0.5, 0.6) is 0 Å². The second-order valence-electron chi connectivity index (χ2n) is 5.16. The maximum Gasteiger partial charge on any atom is 0.252 e. The van der Waals surface area contributed by atoms with E-state index >= 15 is 0 Å². The third-order valence-electron chi connectivity index (χ3n) is 3.86. The van der Waals surface area contributed by atoms with Crippen molar-refractivity contribution in [2.24, 2.45) is 0 Å². The SMILES string of the molecule is Cc1c(F)cccc1C(=O)N[C@H]1CO[C@H]2[C@@H]1OC[C@H]2O. The fourth-order valence-electron chi connectivity index (χ4n) is 2.70. The van der Waals surface area contributed by atoms with Gasteiger partial charge in [0.05, 0.1) is 19.3 Å². The lowest BCUT2D eigenvalue weighted by molar-refractivity contribution is 0.0178. The summed E-state index contributed by atoms with van der Waals surface area (Å²) in [6.45, 7) is 2.06. The van der Waals surface area contributed by atoms with Crippen LogP contribution in [-0.2, 0) is 9.47 Å². The van der Waals surface area contributed by atoms with Crippen molar-refractivity contribution in [1.29, 1.82) is 0 Å². The summed E-state index contributed by atoms with van der Waals surface area (Å²) in [5, 5.41) is 12.4. The van der Waals surface area contributed by atoms with Crippen molar-refractivity contribution < 1.29 is 23.8 Å². The zero-order valence-electron chi connectivity index (χ0n) is 11.0. The van der Waals surface area contributed by atoms with Gasteiger partial charge >= 0.3 is 0 Å². The van der Waals surface area contributed by atoms with Gasteiger partial charge in [0.2, 0.25) is 0 Å². The minimum Gasteiger partial charge on any atom is -0.388 e. The molecule has 2 N–H and O–H groups in total. The molecule has 0 spiro atoms. The van der Waals surface area contributed by atoms with Crippen LogP contribution in [0, 0.1) is 12.7 Å². The highest BCUT2D eigenvalue weighted by atomic mass is 19.1. The minimum absolute atomic E-state index is 0.209.